The highest BCUT2D eigenvalue weighted by Crippen LogP contribution is 2.43. The summed E-state index contributed by atoms with van der Waals surface area (Å²) in [7, 11) is 0. The minimum absolute atomic E-state index is 0.0761. The molecule has 0 amide bonds. The Morgan fingerprint density at radius 2 is 1.00 bits per heavy atom. The molecule has 0 fully saturated rings. The second-order valence-electron chi connectivity index (χ2n) is 10.5. The number of hydrogen-bond acceptors (Lipinski definition) is 2. The van der Waals surface area contributed by atoms with Gasteiger partial charge in [0.05, 0.1) is 0 Å². The molecule has 2 heterocycles. The monoisotopic (exact) mass is 496 g/mol. The van der Waals surface area contributed by atoms with E-state index < -0.39 is 0 Å². The molecule has 0 bridgehead atoms. The van der Waals surface area contributed by atoms with E-state index in [9.17, 15) is 0 Å². The third-order valence-electron chi connectivity index (χ3n) is 8.35. The smallest absolute Gasteiger partial charge is 0.260 e. The van der Waals surface area contributed by atoms with E-state index in [4.69, 9.17) is 9.47 Å². The predicted octanol–water partition coefficient (Wildman–Crippen LogP) is 7.54. The van der Waals surface area contributed by atoms with Crippen LogP contribution in [0, 0.1) is 0 Å². The van der Waals surface area contributed by atoms with E-state index in [0.29, 0.717) is 0 Å². The molecule has 0 radical (unpaired) electrons. The zero-order valence-electron chi connectivity index (χ0n) is 21.0. The van der Waals surface area contributed by atoms with Crippen LogP contribution in [0.2, 0.25) is 0 Å². The van der Waals surface area contributed by atoms with Crippen LogP contribution in [0.1, 0.15) is 0 Å². The molecular formula is C36H21BO2. The van der Waals surface area contributed by atoms with Crippen molar-refractivity contribution in [2.75, 3.05) is 0 Å². The summed E-state index contributed by atoms with van der Waals surface area (Å²) in [5, 5.41) is 7.42. The lowest BCUT2D eigenvalue weighted by Crippen LogP contribution is -2.57. The second-order valence-corrected chi connectivity index (χ2v) is 10.5. The summed E-state index contributed by atoms with van der Waals surface area (Å²) >= 11 is 0. The molecule has 39 heavy (non-hydrogen) atoms. The van der Waals surface area contributed by atoms with Crippen molar-refractivity contribution in [1.82, 2.24) is 0 Å². The standard InChI is InChI=1S/C36H21BO2/c1-3-11-25-22(9-1)17-18-27-28(25)19-23-10-2-4-12-26(23)35(27)24-20-33-36-34(21-24)39-32-16-8-6-14-30(32)37(36)29-13-5-7-15-31(29)38-33/h1-21H. The van der Waals surface area contributed by atoms with Crippen LogP contribution in [0.4, 0.5) is 0 Å². The molecule has 0 N–H and O–H groups in total. The number of ether oxygens (including phenoxy) is 2. The molecule has 0 saturated heterocycles. The second kappa shape index (κ2) is 7.75. The zero-order chi connectivity index (χ0) is 25.5. The Balaban J connectivity index is 1.38. The quantitative estimate of drug-likeness (QED) is 0.133. The first kappa shape index (κ1) is 21.0. The van der Waals surface area contributed by atoms with Crippen molar-refractivity contribution in [3.8, 4) is 34.1 Å². The summed E-state index contributed by atoms with van der Waals surface area (Å²) in [5.74, 6) is 3.54. The first-order valence-electron chi connectivity index (χ1n) is 13.4. The SMILES string of the molecule is c1ccc2c(c1)Oc1cc(-c3c4ccccc4cc4c3ccc3ccccc34)cc3c1B2c1ccccc1O3. The van der Waals surface area contributed by atoms with E-state index in [-0.39, 0.29) is 6.71 Å². The normalized spacial score (nSPS) is 13.0. The van der Waals surface area contributed by atoms with E-state index in [0.717, 1.165) is 34.0 Å². The van der Waals surface area contributed by atoms with Gasteiger partial charge in [0.25, 0.3) is 6.71 Å². The van der Waals surface area contributed by atoms with Crippen LogP contribution >= 0.6 is 0 Å². The van der Waals surface area contributed by atoms with Gasteiger partial charge in [-0.3, -0.25) is 0 Å². The summed E-state index contributed by atoms with van der Waals surface area (Å²) in [6, 6.07) is 45.3. The number of hydrogen-bond donors (Lipinski definition) is 0. The Hall–Kier alpha value is -5.02. The van der Waals surface area contributed by atoms with Gasteiger partial charge in [0.1, 0.15) is 23.0 Å². The lowest BCUT2D eigenvalue weighted by Gasteiger charge is -2.33. The highest BCUT2D eigenvalue weighted by molar-refractivity contribution is 6.98. The van der Waals surface area contributed by atoms with Gasteiger partial charge in [0.2, 0.25) is 0 Å². The van der Waals surface area contributed by atoms with E-state index in [2.05, 4.69) is 115 Å². The fourth-order valence-electron chi connectivity index (χ4n) is 6.67. The Kier molecular flexibility index (Phi) is 4.17. The molecule has 3 heteroatoms. The Labute approximate surface area is 226 Å². The molecule has 9 rings (SSSR count). The van der Waals surface area contributed by atoms with Crippen LogP contribution < -0.4 is 25.9 Å². The van der Waals surface area contributed by atoms with E-state index in [1.807, 2.05) is 12.1 Å². The molecule has 0 spiro atoms. The topological polar surface area (TPSA) is 18.5 Å². The average molecular weight is 496 g/mol. The molecular weight excluding hydrogens is 475 g/mol. The van der Waals surface area contributed by atoms with Crippen molar-refractivity contribution >= 4 is 55.4 Å². The molecule has 180 valence electrons. The lowest BCUT2D eigenvalue weighted by atomic mass is 9.35. The van der Waals surface area contributed by atoms with Gasteiger partial charge in [-0.05, 0) is 84.7 Å². The van der Waals surface area contributed by atoms with Crippen LogP contribution in [0.15, 0.2) is 127 Å². The van der Waals surface area contributed by atoms with Gasteiger partial charge in [0.15, 0.2) is 0 Å². The molecule has 0 atom stereocenters. The van der Waals surface area contributed by atoms with Gasteiger partial charge in [-0.1, -0.05) is 97.1 Å². The molecule has 0 aliphatic carbocycles. The zero-order valence-corrected chi connectivity index (χ0v) is 21.0. The summed E-state index contributed by atoms with van der Waals surface area (Å²) in [6.45, 7) is 0.0761. The van der Waals surface area contributed by atoms with Crippen LogP contribution in [0.5, 0.6) is 23.0 Å². The Morgan fingerprint density at radius 3 is 1.72 bits per heavy atom. The van der Waals surface area contributed by atoms with Gasteiger partial charge in [-0.25, -0.2) is 0 Å². The maximum Gasteiger partial charge on any atom is 0.260 e. The molecule has 7 aromatic carbocycles. The largest absolute Gasteiger partial charge is 0.458 e. The third-order valence-corrected chi connectivity index (χ3v) is 8.35. The third kappa shape index (κ3) is 2.93. The van der Waals surface area contributed by atoms with Crippen LogP contribution in [-0.4, -0.2) is 6.71 Å². The maximum atomic E-state index is 6.62. The van der Waals surface area contributed by atoms with Crippen LogP contribution in [0.25, 0.3) is 43.4 Å². The van der Waals surface area contributed by atoms with E-state index in [1.165, 1.54) is 48.8 Å². The van der Waals surface area contributed by atoms with Gasteiger partial charge in [0, 0.05) is 5.46 Å². The fourth-order valence-corrected chi connectivity index (χ4v) is 6.67. The van der Waals surface area contributed by atoms with Gasteiger partial charge in [-0.2, -0.15) is 0 Å². The van der Waals surface area contributed by atoms with Crippen molar-refractivity contribution in [2.24, 2.45) is 0 Å². The molecule has 2 aliphatic heterocycles. The first-order chi connectivity index (χ1) is 19.3. The van der Waals surface area contributed by atoms with Crippen molar-refractivity contribution in [2.45, 2.75) is 0 Å². The maximum absolute atomic E-state index is 6.62. The van der Waals surface area contributed by atoms with Gasteiger partial charge < -0.3 is 9.47 Å². The van der Waals surface area contributed by atoms with Crippen LogP contribution in [0.3, 0.4) is 0 Å². The molecule has 0 aromatic heterocycles. The first-order valence-corrected chi connectivity index (χ1v) is 13.4. The molecule has 0 saturated carbocycles. The number of benzene rings is 7. The highest BCUT2D eigenvalue weighted by atomic mass is 16.5. The van der Waals surface area contributed by atoms with Crippen molar-refractivity contribution in [1.29, 1.82) is 0 Å². The molecule has 2 aliphatic rings. The Bertz CT molecular complexity index is 2070. The average Bonchev–Trinajstić information content (AvgIpc) is 2.99. The van der Waals surface area contributed by atoms with Crippen molar-refractivity contribution in [3.05, 3.63) is 127 Å². The molecule has 7 aromatic rings. The lowest BCUT2D eigenvalue weighted by molar-refractivity contribution is 0.465. The Morgan fingerprint density at radius 1 is 0.410 bits per heavy atom. The summed E-state index contributed by atoms with van der Waals surface area (Å²) in [5.41, 5.74) is 5.76. The summed E-state index contributed by atoms with van der Waals surface area (Å²) < 4.78 is 13.2. The minimum atomic E-state index is 0.0761. The molecule has 2 nitrogen and oxygen atoms in total. The van der Waals surface area contributed by atoms with Crippen molar-refractivity contribution in [3.63, 3.8) is 0 Å². The van der Waals surface area contributed by atoms with Crippen LogP contribution in [-0.2, 0) is 0 Å². The number of rotatable bonds is 1. The van der Waals surface area contributed by atoms with Crippen molar-refractivity contribution < 1.29 is 9.47 Å². The summed E-state index contributed by atoms with van der Waals surface area (Å²) in [4.78, 5) is 0. The summed E-state index contributed by atoms with van der Waals surface area (Å²) in [6.07, 6.45) is 0. The van der Waals surface area contributed by atoms with E-state index >= 15 is 0 Å². The number of fused-ring (bicyclic) bond motifs is 8. The number of para-hydroxylation sites is 2. The van der Waals surface area contributed by atoms with Gasteiger partial charge in [-0.15, -0.1) is 0 Å². The molecule has 0 unspecified atom stereocenters. The minimum Gasteiger partial charge on any atom is -0.458 e. The van der Waals surface area contributed by atoms with Gasteiger partial charge >= 0.3 is 0 Å². The highest BCUT2D eigenvalue weighted by Gasteiger charge is 2.40. The fraction of sp³-hybridized carbons (Fsp3) is 0. The predicted molar refractivity (Wildman–Crippen MR) is 162 cm³/mol. The van der Waals surface area contributed by atoms with E-state index in [1.54, 1.807) is 0 Å².